The molecule has 0 saturated carbocycles. The fourth-order valence-electron chi connectivity index (χ4n) is 1.49. The highest BCUT2D eigenvalue weighted by atomic mass is 19.1. The van der Waals surface area contributed by atoms with Gasteiger partial charge in [0.1, 0.15) is 11.4 Å². The molecule has 0 aliphatic rings. The van der Waals surface area contributed by atoms with Crippen molar-refractivity contribution in [3.05, 3.63) is 30.1 Å². The Morgan fingerprint density at radius 2 is 2.12 bits per heavy atom. The zero-order valence-electron chi connectivity index (χ0n) is 9.79. The van der Waals surface area contributed by atoms with Crippen LogP contribution in [0.4, 0.5) is 10.1 Å². The first-order chi connectivity index (χ1) is 7.52. The van der Waals surface area contributed by atoms with E-state index in [0.717, 1.165) is 0 Å². The third-order valence-corrected chi connectivity index (χ3v) is 2.62. The minimum absolute atomic E-state index is 0.276. The molecule has 1 rings (SSSR count). The zero-order chi connectivity index (χ0) is 12.2. The molecule has 0 radical (unpaired) electrons. The van der Waals surface area contributed by atoms with Gasteiger partial charge in [-0.05, 0) is 26.1 Å². The lowest BCUT2D eigenvalue weighted by Gasteiger charge is -2.29. The van der Waals surface area contributed by atoms with Crippen LogP contribution in [-0.2, 0) is 0 Å². The smallest absolute Gasteiger partial charge is 0.146 e. The molecule has 1 aromatic rings. The molecule has 0 aliphatic carbocycles. The number of benzene rings is 1. The molecule has 0 aliphatic heterocycles. The van der Waals surface area contributed by atoms with E-state index < -0.39 is 5.54 Å². The predicted octanol–water partition coefficient (Wildman–Crippen LogP) is 1.76. The summed E-state index contributed by atoms with van der Waals surface area (Å²) in [6, 6.07) is 8.70. The van der Waals surface area contributed by atoms with Gasteiger partial charge in [0.2, 0.25) is 0 Å². The summed E-state index contributed by atoms with van der Waals surface area (Å²) in [5, 5.41) is 11.9. The van der Waals surface area contributed by atoms with E-state index in [-0.39, 0.29) is 5.82 Å². The second kappa shape index (κ2) is 4.95. The molecule has 0 bridgehead atoms. The van der Waals surface area contributed by atoms with Crippen molar-refractivity contribution in [2.75, 3.05) is 25.5 Å². The Balaban J connectivity index is 2.85. The third-order valence-electron chi connectivity index (χ3n) is 2.62. The average Bonchev–Trinajstić information content (AvgIpc) is 2.29. The maximum Gasteiger partial charge on any atom is 0.146 e. The van der Waals surface area contributed by atoms with Gasteiger partial charge in [-0.15, -0.1) is 0 Å². The molecule has 0 amide bonds. The minimum Gasteiger partial charge on any atom is -0.369 e. The lowest BCUT2D eigenvalue weighted by atomic mass is 10.0. The first-order valence-electron chi connectivity index (χ1n) is 5.08. The maximum atomic E-state index is 13.5. The van der Waals surface area contributed by atoms with E-state index in [1.807, 2.05) is 0 Å². The van der Waals surface area contributed by atoms with Crippen LogP contribution in [0, 0.1) is 17.1 Å². The maximum absolute atomic E-state index is 13.5. The SMILES string of the molecule is CNC(C)(C#N)CN(C)c1ccccc1F. The summed E-state index contributed by atoms with van der Waals surface area (Å²) in [5.41, 5.74) is -0.184. The van der Waals surface area contributed by atoms with Crippen LogP contribution in [0.15, 0.2) is 24.3 Å². The summed E-state index contributed by atoms with van der Waals surface area (Å²) >= 11 is 0. The highest BCUT2D eigenvalue weighted by Crippen LogP contribution is 2.18. The van der Waals surface area contributed by atoms with E-state index in [9.17, 15) is 4.39 Å². The fourth-order valence-corrected chi connectivity index (χ4v) is 1.49. The van der Waals surface area contributed by atoms with Crippen LogP contribution in [0.3, 0.4) is 0 Å². The van der Waals surface area contributed by atoms with Gasteiger partial charge in [-0.2, -0.15) is 5.26 Å². The van der Waals surface area contributed by atoms with Gasteiger partial charge in [-0.1, -0.05) is 12.1 Å². The van der Waals surface area contributed by atoms with Gasteiger partial charge in [0, 0.05) is 13.6 Å². The Bertz CT molecular complexity index is 399. The van der Waals surface area contributed by atoms with Gasteiger partial charge in [0.25, 0.3) is 0 Å². The van der Waals surface area contributed by atoms with Crippen LogP contribution in [-0.4, -0.2) is 26.2 Å². The molecular weight excluding hydrogens is 205 g/mol. The summed E-state index contributed by atoms with van der Waals surface area (Å²) < 4.78 is 13.5. The normalized spacial score (nSPS) is 13.9. The average molecular weight is 221 g/mol. The summed E-state index contributed by atoms with van der Waals surface area (Å²) in [5.74, 6) is -0.276. The number of rotatable bonds is 4. The van der Waals surface area contributed by atoms with E-state index in [1.165, 1.54) is 6.07 Å². The lowest BCUT2D eigenvalue weighted by Crippen LogP contribution is -2.48. The number of hydrogen-bond donors (Lipinski definition) is 1. The Morgan fingerprint density at radius 1 is 1.50 bits per heavy atom. The minimum atomic E-state index is -0.684. The van der Waals surface area contributed by atoms with Crippen LogP contribution in [0.5, 0.6) is 0 Å². The first kappa shape index (κ1) is 12.5. The van der Waals surface area contributed by atoms with Crippen molar-refractivity contribution >= 4 is 5.69 Å². The number of likely N-dealkylation sites (N-methyl/N-ethyl adjacent to an activating group) is 2. The second-order valence-corrected chi connectivity index (χ2v) is 4.00. The summed E-state index contributed by atoms with van der Waals surface area (Å²) in [6.07, 6.45) is 0. The quantitative estimate of drug-likeness (QED) is 0.842. The topological polar surface area (TPSA) is 39.1 Å². The van der Waals surface area contributed by atoms with Gasteiger partial charge in [0.05, 0.1) is 11.8 Å². The van der Waals surface area contributed by atoms with Gasteiger partial charge >= 0.3 is 0 Å². The van der Waals surface area contributed by atoms with Crippen LogP contribution in [0.25, 0.3) is 0 Å². The molecule has 1 N–H and O–H groups in total. The van der Waals surface area contributed by atoms with Gasteiger partial charge in [-0.25, -0.2) is 4.39 Å². The van der Waals surface area contributed by atoms with Gasteiger partial charge in [-0.3, -0.25) is 0 Å². The van der Waals surface area contributed by atoms with E-state index >= 15 is 0 Å². The fraction of sp³-hybridized carbons (Fsp3) is 0.417. The van der Waals surface area contributed by atoms with E-state index in [1.54, 1.807) is 44.1 Å². The molecule has 0 spiro atoms. The molecule has 1 atom stereocenters. The van der Waals surface area contributed by atoms with Gasteiger partial charge < -0.3 is 10.2 Å². The number of nitrogens with one attached hydrogen (secondary N) is 1. The Hall–Kier alpha value is -1.60. The Morgan fingerprint density at radius 3 is 2.62 bits per heavy atom. The van der Waals surface area contributed by atoms with E-state index in [2.05, 4.69) is 11.4 Å². The predicted molar refractivity (Wildman–Crippen MR) is 62.7 cm³/mol. The van der Waals surface area contributed by atoms with Crippen LogP contribution >= 0.6 is 0 Å². The summed E-state index contributed by atoms with van der Waals surface area (Å²) in [6.45, 7) is 2.20. The molecule has 0 heterocycles. The molecule has 1 aromatic carbocycles. The number of halogens is 1. The zero-order valence-corrected chi connectivity index (χ0v) is 9.79. The van der Waals surface area contributed by atoms with Crippen LogP contribution < -0.4 is 10.2 Å². The Kier molecular flexibility index (Phi) is 3.86. The molecule has 1 unspecified atom stereocenters. The molecule has 16 heavy (non-hydrogen) atoms. The second-order valence-electron chi connectivity index (χ2n) is 4.00. The van der Waals surface area contributed by atoms with Crippen LogP contribution in [0.1, 0.15) is 6.92 Å². The molecule has 0 aromatic heterocycles. The van der Waals surface area contributed by atoms with Crippen molar-refractivity contribution in [3.63, 3.8) is 0 Å². The monoisotopic (exact) mass is 221 g/mol. The van der Waals surface area contributed by atoms with Crippen molar-refractivity contribution < 1.29 is 4.39 Å². The lowest BCUT2D eigenvalue weighted by molar-refractivity contribution is 0.488. The molecule has 4 heteroatoms. The van der Waals surface area contributed by atoms with Gasteiger partial charge in [0.15, 0.2) is 0 Å². The number of para-hydroxylation sites is 1. The number of anilines is 1. The number of hydrogen-bond acceptors (Lipinski definition) is 3. The largest absolute Gasteiger partial charge is 0.369 e. The number of nitriles is 1. The number of nitrogens with zero attached hydrogens (tertiary/aromatic N) is 2. The molecule has 0 saturated heterocycles. The van der Waals surface area contributed by atoms with Crippen molar-refractivity contribution in [2.24, 2.45) is 0 Å². The first-order valence-corrected chi connectivity index (χ1v) is 5.08. The standard InChI is InChI=1S/C12H16FN3/c1-12(8-14,15-2)9-16(3)11-7-5-4-6-10(11)13/h4-7,15H,9H2,1-3H3. The molecule has 86 valence electrons. The van der Waals surface area contributed by atoms with Crippen molar-refractivity contribution in [1.29, 1.82) is 5.26 Å². The highest BCUT2D eigenvalue weighted by Gasteiger charge is 2.24. The van der Waals surface area contributed by atoms with Crippen molar-refractivity contribution in [3.8, 4) is 6.07 Å². The van der Waals surface area contributed by atoms with Crippen molar-refractivity contribution in [2.45, 2.75) is 12.5 Å². The van der Waals surface area contributed by atoms with Crippen molar-refractivity contribution in [1.82, 2.24) is 5.32 Å². The molecule has 3 nitrogen and oxygen atoms in total. The summed E-state index contributed by atoms with van der Waals surface area (Å²) in [7, 11) is 3.49. The molecule has 0 fully saturated rings. The van der Waals surface area contributed by atoms with Crippen LogP contribution in [0.2, 0.25) is 0 Å². The highest BCUT2D eigenvalue weighted by molar-refractivity contribution is 5.47. The van der Waals surface area contributed by atoms with E-state index in [0.29, 0.717) is 12.2 Å². The Labute approximate surface area is 95.5 Å². The third kappa shape index (κ3) is 2.71. The molecular formula is C12H16FN3. The van der Waals surface area contributed by atoms with E-state index in [4.69, 9.17) is 5.26 Å². The summed E-state index contributed by atoms with van der Waals surface area (Å²) in [4.78, 5) is 1.73.